The number of phenolic OH excluding ortho intramolecular Hbond substituents is 1. The van der Waals surface area contributed by atoms with Crippen LogP contribution < -0.4 is 0 Å². The van der Waals surface area contributed by atoms with E-state index in [4.69, 9.17) is 10.2 Å². The number of benzene rings is 6. The zero-order valence-corrected chi connectivity index (χ0v) is 28.1. The maximum atomic E-state index is 8.63. The molecule has 0 unspecified atom stereocenters. The number of aromatic hydroxyl groups is 1. The van der Waals surface area contributed by atoms with Gasteiger partial charge in [0.15, 0.2) is 0 Å². The second-order valence-corrected chi connectivity index (χ2v) is 10.3. The first-order chi connectivity index (χ1) is 22.7. The van der Waals surface area contributed by atoms with Crippen molar-refractivity contribution < 1.29 is 10.2 Å². The van der Waals surface area contributed by atoms with E-state index in [-0.39, 0.29) is 22.3 Å². The van der Waals surface area contributed by atoms with Crippen LogP contribution in [0, 0.1) is 0 Å². The summed E-state index contributed by atoms with van der Waals surface area (Å²) in [6.07, 6.45) is 9.97. The van der Waals surface area contributed by atoms with Crippen LogP contribution in [-0.4, -0.2) is 17.3 Å². The van der Waals surface area contributed by atoms with Crippen molar-refractivity contribution in [1.29, 1.82) is 0 Å². The number of aliphatic hydroxyl groups is 1. The molecule has 0 saturated carbocycles. The highest BCUT2D eigenvalue weighted by molar-refractivity contribution is 5.82. The molecule has 6 rings (SSSR count). The largest absolute Gasteiger partial charge is 0.508 e. The molecule has 2 heteroatoms. The Balaban J connectivity index is -0.000000534. The quantitative estimate of drug-likeness (QED) is 0.167. The van der Waals surface area contributed by atoms with Crippen LogP contribution in [0.2, 0.25) is 0 Å². The third kappa shape index (κ3) is 26.0. The molecule has 6 aromatic rings. The summed E-state index contributed by atoms with van der Waals surface area (Å²) >= 11 is 0. The van der Waals surface area contributed by atoms with Gasteiger partial charge in [-0.1, -0.05) is 245 Å². The minimum atomic E-state index is 0. The van der Waals surface area contributed by atoms with Gasteiger partial charge in [-0.2, -0.15) is 0 Å². The first kappa shape index (κ1) is 48.7. The lowest BCUT2D eigenvalue weighted by molar-refractivity contribution is 0.399. The first-order valence-electron chi connectivity index (χ1n) is 16.5. The average Bonchev–Trinajstić information content (AvgIpc) is 3.15. The first-order valence-corrected chi connectivity index (χ1v) is 16.5. The van der Waals surface area contributed by atoms with Crippen LogP contribution in [0.25, 0.3) is 21.9 Å². The van der Waals surface area contributed by atoms with Crippen LogP contribution in [0.1, 0.15) is 81.1 Å². The van der Waals surface area contributed by atoms with Gasteiger partial charge in [0.25, 0.3) is 0 Å². The summed E-state index contributed by atoms with van der Waals surface area (Å²) in [6, 6.07) is 58.2. The van der Waals surface area contributed by atoms with Crippen molar-refractivity contribution in [3.8, 4) is 16.9 Å². The van der Waals surface area contributed by atoms with Gasteiger partial charge in [-0.05, 0) is 34.0 Å². The number of phenols is 1. The zero-order valence-electron chi connectivity index (χ0n) is 28.1. The van der Waals surface area contributed by atoms with Gasteiger partial charge in [-0.25, -0.2) is 0 Å². The Kier molecular flexibility index (Phi) is 36.0. The van der Waals surface area contributed by atoms with Gasteiger partial charge >= 0.3 is 0 Å². The third-order valence-electron chi connectivity index (χ3n) is 6.67. The summed E-state index contributed by atoms with van der Waals surface area (Å²) in [5.74, 6) is 0.322. The molecule has 0 radical (unpaired) electrons. The van der Waals surface area contributed by atoms with E-state index in [1.165, 1.54) is 66.8 Å². The van der Waals surface area contributed by atoms with E-state index in [1.54, 1.807) is 24.3 Å². The lowest BCUT2D eigenvalue weighted by atomic mass is 10.1. The normalized spacial score (nSPS) is 8.57. The maximum absolute atomic E-state index is 8.63. The standard InChI is InChI=1S/C12H10.C10H8.C9H20.C6H6O.C6H6.CH4O.3CH4/c1-3-7-11(8-4-1)12-9-5-2-6-10-12;1-2-6-10-8-4-3-7-9(10)5-1;1-3-5-7-9-8-6-4-2;7-6-4-2-1-3-5-6;1-2-4-6-5-3-1;1-2;;;/h1-10H;1-8H;3-9H2,1-2H3;1-5,7H;1-6H;2H,1H3;3*1H4. The van der Waals surface area contributed by atoms with Gasteiger partial charge in [-0.3, -0.25) is 0 Å². The van der Waals surface area contributed by atoms with Crippen LogP contribution >= 0.6 is 0 Å². The summed E-state index contributed by atoms with van der Waals surface area (Å²) < 4.78 is 0. The molecule has 2 N–H and O–H groups in total. The van der Waals surface area contributed by atoms with E-state index in [2.05, 4.69) is 111 Å². The smallest absolute Gasteiger partial charge is 0.115 e. The number of para-hydroxylation sites is 1. The highest BCUT2D eigenvalue weighted by atomic mass is 16.3. The summed E-state index contributed by atoms with van der Waals surface area (Å²) in [4.78, 5) is 0. The molecule has 2 nitrogen and oxygen atoms in total. The van der Waals surface area contributed by atoms with Gasteiger partial charge in [0.05, 0.1) is 0 Å². The maximum Gasteiger partial charge on any atom is 0.115 e. The van der Waals surface area contributed by atoms with Crippen molar-refractivity contribution in [2.45, 2.75) is 81.1 Å². The van der Waals surface area contributed by atoms with Crippen molar-refractivity contribution in [2.24, 2.45) is 0 Å². The van der Waals surface area contributed by atoms with Gasteiger partial charge in [0.2, 0.25) is 0 Å². The van der Waals surface area contributed by atoms with Crippen LogP contribution in [-0.2, 0) is 0 Å². The van der Waals surface area contributed by atoms with E-state index in [9.17, 15) is 0 Å². The monoisotopic (exact) mass is 663 g/mol. The van der Waals surface area contributed by atoms with Gasteiger partial charge < -0.3 is 10.2 Å². The minimum Gasteiger partial charge on any atom is -0.508 e. The fraction of sp³-hybridized carbons (Fsp3) is 0.277. The molecule has 0 atom stereocenters. The molecule has 6 aromatic carbocycles. The highest BCUT2D eigenvalue weighted by Crippen LogP contribution is 2.17. The summed E-state index contributed by atoms with van der Waals surface area (Å²) in [7, 11) is 1.00. The topological polar surface area (TPSA) is 40.5 Å². The van der Waals surface area contributed by atoms with Crippen molar-refractivity contribution in [2.75, 3.05) is 7.11 Å². The third-order valence-corrected chi connectivity index (χ3v) is 6.67. The lowest BCUT2D eigenvalue weighted by Crippen LogP contribution is -1.76. The number of hydrogen-bond donors (Lipinski definition) is 2. The van der Waals surface area contributed by atoms with Crippen molar-refractivity contribution >= 4 is 10.8 Å². The second-order valence-electron chi connectivity index (χ2n) is 10.3. The molecule has 0 spiro atoms. The Morgan fingerprint density at radius 2 is 0.551 bits per heavy atom. The minimum absolute atomic E-state index is 0. The van der Waals surface area contributed by atoms with E-state index < -0.39 is 0 Å². The Morgan fingerprint density at radius 1 is 0.327 bits per heavy atom. The van der Waals surface area contributed by atoms with Crippen LogP contribution in [0.3, 0.4) is 0 Å². The second kappa shape index (κ2) is 36.2. The molecule has 0 aliphatic carbocycles. The predicted molar refractivity (Wildman–Crippen MR) is 222 cm³/mol. The van der Waals surface area contributed by atoms with Crippen molar-refractivity contribution in [3.63, 3.8) is 0 Å². The van der Waals surface area contributed by atoms with Gasteiger partial charge in [0, 0.05) is 7.11 Å². The van der Waals surface area contributed by atoms with E-state index in [0.717, 1.165) is 7.11 Å². The molecule has 0 bridgehead atoms. The van der Waals surface area contributed by atoms with E-state index >= 15 is 0 Å². The molecule has 49 heavy (non-hydrogen) atoms. The Hall–Kier alpha value is -4.66. The molecule has 0 amide bonds. The van der Waals surface area contributed by atoms with Gasteiger partial charge in [-0.15, -0.1) is 0 Å². The number of unbranched alkanes of at least 4 members (excludes halogenated alkanes) is 6. The molecule has 0 aliphatic heterocycles. The molecule has 0 heterocycles. The van der Waals surface area contributed by atoms with Crippen LogP contribution in [0.4, 0.5) is 0 Å². The number of rotatable bonds is 7. The molecule has 0 aromatic heterocycles. The molecular formula is C47H66O2. The van der Waals surface area contributed by atoms with Crippen molar-refractivity contribution in [3.05, 3.63) is 176 Å². The molecular weight excluding hydrogens is 597 g/mol. The Bertz CT molecular complexity index is 1300. The number of fused-ring (bicyclic) bond motifs is 1. The summed E-state index contributed by atoms with van der Waals surface area (Å²) in [5.41, 5.74) is 2.55. The highest BCUT2D eigenvalue weighted by Gasteiger charge is 1.92. The average molecular weight is 663 g/mol. The number of aliphatic hydroxyl groups excluding tert-OH is 1. The Labute approximate surface area is 301 Å². The molecule has 0 saturated heterocycles. The van der Waals surface area contributed by atoms with E-state index in [0.29, 0.717) is 5.75 Å². The number of hydrogen-bond acceptors (Lipinski definition) is 2. The Morgan fingerprint density at radius 3 is 0.796 bits per heavy atom. The van der Waals surface area contributed by atoms with Gasteiger partial charge in [0.1, 0.15) is 5.75 Å². The molecule has 0 aliphatic rings. The lowest BCUT2D eigenvalue weighted by Gasteiger charge is -1.98. The zero-order chi connectivity index (χ0) is 33.3. The fourth-order valence-electron chi connectivity index (χ4n) is 4.24. The fourth-order valence-corrected chi connectivity index (χ4v) is 4.24. The SMILES string of the molecule is C.C.C.CCCCCCCCC.CO.Oc1ccccc1.c1ccc(-c2ccccc2)cc1.c1ccc2ccccc2c1.c1ccccc1. The van der Waals surface area contributed by atoms with Crippen LogP contribution in [0.5, 0.6) is 5.75 Å². The predicted octanol–water partition coefficient (Wildman–Crippen LogP) is 14.5. The molecule has 0 fully saturated rings. The summed E-state index contributed by atoms with van der Waals surface area (Å²) in [6.45, 7) is 4.53. The molecule has 266 valence electrons. The van der Waals surface area contributed by atoms with Crippen LogP contribution in [0.15, 0.2) is 176 Å². The van der Waals surface area contributed by atoms with Crippen molar-refractivity contribution in [1.82, 2.24) is 0 Å². The summed E-state index contributed by atoms with van der Waals surface area (Å²) in [5, 5.41) is 18.3. The van der Waals surface area contributed by atoms with E-state index in [1.807, 2.05) is 54.6 Å².